The van der Waals surface area contributed by atoms with Gasteiger partial charge in [0.05, 0.1) is 5.69 Å². The van der Waals surface area contributed by atoms with Gasteiger partial charge in [-0.25, -0.2) is 9.18 Å². The van der Waals surface area contributed by atoms with Gasteiger partial charge in [0.1, 0.15) is 5.82 Å². The molecule has 7 nitrogen and oxygen atoms in total. The van der Waals surface area contributed by atoms with Gasteiger partial charge in [0.25, 0.3) is 5.91 Å². The fourth-order valence-electron chi connectivity index (χ4n) is 8.28. The number of urea groups is 1. The second kappa shape index (κ2) is 7.95. The Morgan fingerprint density at radius 2 is 1.68 bits per heavy atom. The predicted octanol–water partition coefficient (Wildman–Crippen LogP) is 4.03. The summed E-state index contributed by atoms with van der Waals surface area (Å²) in [5.74, 6) is -0.847. The van der Waals surface area contributed by atoms with Gasteiger partial charge in [-0.3, -0.25) is 9.59 Å². The van der Waals surface area contributed by atoms with Crippen molar-refractivity contribution in [2.24, 2.45) is 28.4 Å². The normalized spacial score (nSPS) is 34.7. The number of nitrogens with one attached hydrogen (secondary N) is 2. The van der Waals surface area contributed by atoms with Crippen LogP contribution in [0.4, 0.5) is 14.9 Å². The van der Waals surface area contributed by atoms with Gasteiger partial charge in [-0.1, -0.05) is 13.8 Å². The molecule has 5 fully saturated rings. The number of benzene rings is 1. The summed E-state index contributed by atoms with van der Waals surface area (Å²) in [6, 6.07) is 3.76. The monoisotopic (exact) mass is 470 g/mol. The highest BCUT2D eigenvalue weighted by molar-refractivity contribution is 5.96. The van der Waals surface area contributed by atoms with Crippen LogP contribution in [0.2, 0.25) is 0 Å². The molecule has 1 aromatic rings. The lowest BCUT2D eigenvalue weighted by molar-refractivity contribution is -0.123. The van der Waals surface area contributed by atoms with Crippen LogP contribution in [-0.2, 0) is 4.79 Å². The average molecular weight is 471 g/mol. The number of halogens is 1. The Kier molecular flexibility index (Phi) is 5.41. The minimum Gasteiger partial charge on any atom is -0.369 e. The third-order valence-corrected chi connectivity index (χ3v) is 8.65. The molecule has 4 aliphatic carbocycles. The van der Waals surface area contributed by atoms with Crippen LogP contribution in [0.25, 0.3) is 0 Å². The van der Waals surface area contributed by atoms with Gasteiger partial charge in [0.2, 0.25) is 5.91 Å². The molecule has 4 bridgehead atoms. The summed E-state index contributed by atoms with van der Waals surface area (Å²) in [5, 5.41) is 5.90. The van der Waals surface area contributed by atoms with Gasteiger partial charge >= 0.3 is 6.03 Å². The molecule has 184 valence electrons. The Labute approximate surface area is 200 Å². The van der Waals surface area contributed by atoms with Crippen molar-refractivity contribution in [1.82, 2.24) is 10.2 Å². The van der Waals surface area contributed by atoms with E-state index in [1.165, 1.54) is 37.5 Å². The zero-order valence-corrected chi connectivity index (χ0v) is 20.1. The Morgan fingerprint density at radius 1 is 1.03 bits per heavy atom. The molecular weight excluding hydrogens is 435 g/mol. The van der Waals surface area contributed by atoms with Gasteiger partial charge in [0.15, 0.2) is 0 Å². The number of carbonyl (C=O) groups excluding carboxylic acids is 3. The maximum atomic E-state index is 14.9. The molecule has 0 aromatic heterocycles. The molecule has 6 rings (SSSR count). The zero-order valence-electron chi connectivity index (χ0n) is 20.1. The SMILES string of the molecule is C[C@]12CC3CC(NC(=O)Nc4ccc(C(=O)N5CCC(C(N)=O)CC5)cc4F)(C1)C[C@@](C)(C3)C2. The predicted molar refractivity (Wildman–Crippen MR) is 127 cm³/mol. The molecule has 4 amide bonds. The van der Waals surface area contributed by atoms with E-state index in [1.807, 2.05) is 0 Å². The summed E-state index contributed by atoms with van der Waals surface area (Å²) >= 11 is 0. The van der Waals surface area contributed by atoms with E-state index in [-0.39, 0.29) is 51.4 Å². The molecule has 1 saturated heterocycles. The van der Waals surface area contributed by atoms with E-state index in [4.69, 9.17) is 5.73 Å². The van der Waals surface area contributed by atoms with Gasteiger partial charge in [0, 0.05) is 30.1 Å². The number of amides is 4. The molecule has 34 heavy (non-hydrogen) atoms. The largest absolute Gasteiger partial charge is 0.369 e. The average Bonchev–Trinajstić information content (AvgIpc) is 2.71. The van der Waals surface area contributed by atoms with Crippen molar-refractivity contribution >= 4 is 23.5 Å². The number of likely N-dealkylation sites (tertiary alicyclic amines) is 1. The van der Waals surface area contributed by atoms with Crippen LogP contribution in [0.3, 0.4) is 0 Å². The standard InChI is InChI=1S/C26H35FN4O3/c1-24-10-16-11-25(2,13-24)15-26(12-16,14-24)30-23(34)29-20-4-3-18(9-19(20)27)22(33)31-7-5-17(6-8-31)21(28)32/h3-4,9,16-17H,5-8,10-15H2,1-2H3,(H2,28,32)(H2,29,30,34)/t16?,24-,25+,26?. The maximum Gasteiger partial charge on any atom is 0.319 e. The van der Waals surface area contributed by atoms with Gasteiger partial charge < -0.3 is 21.3 Å². The first-order chi connectivity index (χ1) is 16.0. The van der Waals surface area contributed by atoms with E-state index < -0.39 is 5.82 Å². The molecule has 2 unspecified atom stereocenters. The van der Waals surface area contributed by atoms with Crippen molar-refractivity contribution < 1.29 is 18.8 Å². The summed E-state index contributed by atoms with van der Waals surface area (Å²) in [7, 11) is 0. The number of anilines is 1. The molecular formula is C26H35FN4O3. The van der Waals surface area contributed by atoms with Crippen molar-refractivity contribution in [3.05, 3.63) is 29.6 Å². The van der Waals surface area contributed by atoms with E-state index in [0.717, 1.165) is 19.3 Å². The number of hydrogen-bond acceptors (Lipinski definition) is 3. The first kappa shape index (κ1) is 23.1. The Hall–Kier alpha value is -2.64. The number of primary amides is 1. The Bertz CT molecular complexity index is 1020. The molecule has 8 heteroatoms. The summed E-state index contributed by atoms with van der Waals surface area (Å²) in [5.41, 5.74) is 5.94. The minimum absolute atomic E-state index is 0.0589. The van der Waals surface area contributed by atoms with Gasteiger partial charge in [-0.15, -0.1) is 0 Å². The van der Waals surface area contributed by atoms with Crippen molar-refractivity contribution in [3.63, 3.8) is 0 Å². The number of nitrogens with two attached hydrogens (primary N) is 1. The third-order valence-electron chi connectivity index (χ3n) is 8.65. The van der Waals surface area contributed by atoms with Crippen LogP contribution in [0, 0.1) is 28.5 Å². The van der Waals surface area contributed by atoms with Crippen LogP contribution in [-0.4, -0.2) is 41.4 Å². The number of nitrogens with zero attached hydrogens (tertiary/aromatic N) is 1. The topological polar surface area (TPSA) is 105 Å². The fourth-order valence-corrected chi connectivity index (χ4v) is 8.28. The smallest absolute Gasteiger partial charge is 0.319 e. The summed E-state index contributed by atoms with van der Waals surface area (Å²) in [4.78, 5) is 38.6. The van der Waals surface area contributed by atoms with Crippen LogP contribution in [0.5, 0.6) is 0 Å². The van der Waals surface area contributed by atoms with E-state index in [0.29, 0.717) is 31.8 Å². The fraction of sp³-hybridized carbons (Fsp3) is 0.654. The van der Waals surface area contributed by atoms with Crippen molar-refractivity contribution in [2.45, 2.75) is 70.8 Å². The van der Waals surface area contributed by atoms with Crippen LogP contribution in [0.15, 0.2) is 18.2 Å². The number of hydrogen-bond donors (Lipinski definition) is 3. The molecule has 1 aromatic carbocycles. The first-order valence-corrected chi connectivity index (χ1v) is 12.4. The van der Waals surface area contributed by atoms with Crippen molar-refractivity contribution in [3.8, 4) is 0 Å². The second-order valence-corrected chi connectivity index (χ2v) is 12.2. The summed E-state index contributed by atoms with van der Waals surface area (Å²) < 4.78 is 14.9. The molecule has 4 atom stereocenters. The lowest BCUT2D eigenvalue weighted by Gasteiger charge is -2.65. The first-order valence-electron chi connectivity index (χ1n) is 12.4. The number of piperidine rings is 1. The number of rotatable bonds is 4. The quantitative estimate of drug-likeness (QED) is 0.619. The molecule has 0 radical (unpaired) electrons. The minimum atomic E-state index is -0.641. The van der Waals surface area contributed by atoms with E-state index in [9.17, 15) is 18.8 Å². The van der Waals surface area contributed by atoms with E-state index in [2.05, 4.69) is 24.5 Å². The molecule has 1 heterocycles. The zero-order chi connectivity index (χ0) is 24.3. The molecule has 0 spiro atoms. The van der Waals surface area contributed by atoms with Gasteiger partial charge in [-0.2, -0.15) is 0 Å². The van der Waals surface area contributed by atoms with Crippen LogP contribution < -0.4 is 16.4 Å². The van der Waals surface area contributed by atoms with Crippen LogP contribution >= 0.6 is 0 Å². The Morgan fingerprint density at radius 3 is 2.24 bits per heavy atom. The Balaban J connectivity index is 1.22. The van der Waals surface area contributed by atoms with E-state index in [1.54, 1.807) is 4.90 Å². The lowest BCUT2D eigenvalue weighted by Crippen LogP contribution is -2.65. The molecule has 4 saturated carbocycles. The number of carbonyl (C=O) groups is 3. The highest BCUT2D eigenvalue weighted by Gasteiger charge is 2.60. The third kappa shape index (κ3) is 4.27. The maximum absolute atomic E-state index is 14.9. The summed E-state index contributed by atoms with van der Waals surface area (Å²) in [6.45, 7) is 5.51. The van der Waals surface area contributed by atoms with Crippen molar-refractivity contribution in [2.75, 3.05) is 18.4 Å². The summed E-state index contributed by atoms with van der Waals surface area (Å²) in [6.07, 6.45) is 7.66. The highest BCUT2D eigenvalue weighted by Crippen LogP contribution is 2.66. The second-order valence-electron chi connectivity index (χ2n) is 12.2. The van der Waals surface area contributed by atoms with Crippen LogP contribution in [0.1, 0.15) is 75.6 Å². The van der Waals surface area contributed by atoms with E-state index >= 15 is 0 Å². The highest BCUT2D eigenvalue weighted by atomic mass is 19.1. The van der Waals surface area contributed by atoms with Gasteiger partial charge in [-0.05, 0) is 86.3 Å². The lowest BCUT2D eigenvalue weighted by atomic mass is 9.43. The van der Waals surface area contributed by atoms with Crippen molar-refractivity contribution in [1.29, 1.82) is 0 Å². The molecule has 4 N–H and O–H groups in total. The molecule has 1 aliphatic heterocycles. The molecule has 5 aliphatic rings.